The van der Waals surface area contributed by atoms with Crippen molar-refractivity contribution >= 4 is 29.0 Å². The van der Waals surface area contributed by atoms with Crippen LogP contribution in [0.5, 0.6) is 5.75 Å². The molecule has 2 amide bonds. The van der Waals surface area contributed by atoms with Crippen LogP contribution in [0.2, 0.25) is 0 Å². The van der Waals surface area contributed by atoms with Gasteiger partial charge in [-0.3, -0.25) is 9.59 Å². The van der Waals surface area contributed by atoms with E-state index in [1.807, 2.05) is 5.32 Å². The van der Waals surface area contributed by atoms with Crippen molar-refractivity contribution in [3.8, 4) is 17.1 Å². The average molecular weight is 509 g/mol. The van der Waals surface area contributed by atoms with Crippen molar-refractivity contribution in [2.24, 2.45) is 5.92 Å². The first-order valence-electron chi connectivity index (χ1n) is 13.1. The molecule has 37 heavy (non-hydrogen) atoms. The molecular formula is C25H27N7O5. The SMILES string of the molecule is [2H]C([2H])([2H])NC(=O)c1nnc(NC(=O)C2CC2)cc1Nc1cccc(-c2ncc(C3(O)CCOC3)cn2)c1OC. The lowest BCUT2D eigenvalue weighted by atomic mass is 9.96. The van der Waals surface area contributed by atoms with Gasteiger partial charge in [-0.25, -0.2) is 9.97 Å². The van der Waals surface area contributed by atoms with Crippen molar-refractivity contribution in [2.75, 3.05) is 37.9 Å². The van der Waals surface area contributed by atoms with E-state index in [1.54, 1.807) is 18.2 Å². The van der Waals surface area contributed by atoms with Crippen LogP contribution in [0.25, 0.3) is 11.4 Å². The monoisotopic (exact) mass is 508 g/mol. The molecule has 5 rings (SSSR count). The Labute approximate surface area is 217 Å². The molecule has 2 aliphatic rings. The molecule has 0 bridgehead atoms. The van der Waals surface area contributed by atoms with Crippen molar-refractivity contribution in [3.05, 3.63) is 47.9 Å². The fraction of sp³-hybridized carbons (Fsp3) is 0.360. The van der Waals surface area contributed by atoms with Crippen LogP contribution in [-0.2, 0) is 15.1 Å². The maximum atomic E-state index is 12.8. The Morgan fingerprint density at radius 2 is 2.03 bits per heavy atom. The summed E-state index contributed by atoms with van der Waals surface area (Å²) in [5.74, 6) is -0.570. The van der Waals surface area contributed by atoms with Crippen LogP contribution in [0.1, 0.15) is 39.4 Å². The number of rotatable bonds is 8. The molecule has 1 saturated carbocycles. The van der Waals surface area contributed by atoms with Gasteiger partial charge in [0, 0.05) is 54.1 Å². The van der Waals surface area contributed by atoms with E-state index in [2.05, 4.69) is 30.8 Å². The number of hydrogen-bond donors (Lipinski definition) is 4. The van der Waals surface area contributed by atoms with Gasteiger partial charge in [0.2, 0.25) is 5.91 Å². The molecule has 1 unspecified atom stereocenters. The third kappa shape index (κ3) is 5.06. The lowest BCUT2D eigenvalue weighted by Gasteiger charge is -2.20. The van der Waals surface area contributed by atoms with E-state index in [0.717, 1.165) is 12.8 Å². The molecule has 12 heteroatoms. The average Bonchev–Trinajstić information content (AvgIpc) is 3.68. The van der Waals surface area contributed by atoms with Gasteiger partial charge in [-0.05, 0) is 25.0 Å². The Bertz CT molecular complexity index is 1430. The molecule has 1 aromatic carbocycles. The van der Waals surface area contributed by atoms with Gasteiger partial charge in [0.25, 0.3) is 5.91 Å². The van der Waals surface area contributed by atoms with Crippen molar-refractivity contribution in [1.82, 2.24) is 25.5 Å². The number of anilines is 3. The predicted molar refractivity (Wildman–Crippen MR) is 133 cm³/mol. The van der Waals surface area contributed by atoms with E-state index < -0.39 is 18.5 Å². The van der Waals surface area contributed by atoms with Crippen LogP contribution < -0.4 is 20.7 Å². The first-order valence-corrected chi connectivity index (χ1v) is 11.6. The smallest absolute Gasteiger partial charge is 0.273 e. The zero-order valence-electron chi connectivity index (χ0n) is 22.9. The third-order valence-corrected chi connectivity index (χ3v) is 6.24. The lowest BCUT2D eigenvalue weighted by molar-refractivity contribution is -0.117. The molecule has 3 heterocycles. The summed E-state index contributed by atoms with van der Waals surface area (Å²) in [5, 5.41) is 26.1. The highest BCUT2D eigenvalue weighted by Gasteiger charge is 2.35. The number of amides is 2. The first kappa shape index (κ1) is 21.0. The van der Waals surface area contributed by atoms with E-state index in [4.69, 9.17) is 13.6 Å². The van der Waals surface area contributed by atoms with Gasteiger partial charge in [-0.1, -0.05) is 6.07 Å². The van der Waals surface area contributed by atoms with Gasteiger partial charge in [-0.15, -0.1) is 10.2 Å². The Morgan fingerprint density at radius 3 is 2.70 bits per heavy atom. The van der Waals surface area contributed by atoms with E-state index in [1.165, 1.54) is 25.6 Å². The molecule has 1 atom stereocenters. The number of para-hydroxylation sites is 1. The van der Waals surface area contributed by atoms with Crippen LogP contribution in [0.4, 0.5) is 17.2 Å². The van der Waals surface area contributed by atoms with Gasteiger partial charge in [-0.2, -0.15) is 0 Å². The lowest BCUT2D eigenvalue weighted by Crippen LogP contribution is -2.26. The number of methoxy groups -OCH3 is 1. The second kappa shape index (κ2) is 10.1. The number of nitrogens with zero attached hydrogens (tertiary/aromatic N) is 4. The molecule has 12 nitrogen and oxygen atoms in total. The Hall–Kier alpha value is -4.16. The fourth-order valence-corrected chi connectivity index (χ4v) is 4.01. The van der Waals surface area contributed by atoms with Crippen LogP contribution in [0, 0.1) is 5.92 Å². The van der Waals surface area contributed by atoms with Crippen molar-refractivity contribution in [1.29, 1.82) is 0 Å². The summed E-state index contributed by atoms with van der Waals surface area (Å²) in [5.41, 5.74) is 0.0604. The number of ether oxygens (including phenoxy) is 2. The molecule has 1 aliphatic heterocycles. The number of aliphatic hydroxyl groups is 1. The number of carbonyl (C=O) groups excluding carboxylic acids is 2. The van der Waals surface area contributed by atoms with Crippen LogP contribution in [0.3, 0.4) is 0 Å². The molecule has 4 N–H and O–H groups in total. The Balaban J connectivity index is 1.48. The number of hydrogen-bond acceptors (Lipinski definition) is 10. The summed E-state index contributed by atoms with van der Waals surface area (Å²) >= 11 is 0. The predicted octanol–water partition coefficient (Wildman–Crippen LogP) is 2.00. The van der Waals surface area contributed by atoms with Gasteiger partial charge in [0.05, 0.1) is 30.7 Å². The van der Waals surface area contributed by atoms with E-state index in [9.17, 15) is 14.7 Å². The molecule has 2 fully saturated rings. The summed E-state index contributed by atoms with van der Waals surface area (Å²) in [6.07, 6.45) is 5.08. The topological polar surface area (TPSA) is 160 Å². The van der Waals surface area contributed by atoms with Gasteiger partial charge < -0.3 is 30.5 Å². The molecule has 2 aromatic heterocycles. The van der Waals surface area contributed by atoms with E-state index in [0.29, 0.717) is 41.4 Å². The number of carbonyl (C=O) groups is 2. The standard InChI is InChI=1S/C25H27N7O5/c1-26-24(34)20-18(10-19(31-32-20)30-23(33)14-6-7-14)29-17-5-3-4-16(21(17)36-2)22-27-11-15(12-28-22)25(35)8-9-37-13-25/h3-5,10-12,14,35H,6-9,13H2,1-2H3,(H,26,34)(H2,29,30,31,33)/i1D3. The van der Waals surface area contributed by atoms with Gasteiger partial charge >= 0.3 is 0 Å². The largest absolute Gasteiger partial charge is 0.494 e. The molecular weight excluding hydrogens is 478 g/mol. The summed E-state index contributed by atoms with van der Waals surface area (Å²) in [6.45, 7) is -2.14. The molecule has 1 aliphatic carbocycles. The van der Waals surface area contributed by atoms with Crippen LogP contribution >= 0.6 is 0 Å². The highest BCUT2D eigenvalue weighted by Crippen LogP contribution is 2.38. The molecule has 1 saturated heterocycles. The van der Waals surface area contributed by atoms with Crippen molar-refractivity contribution in [3.63, 3.8) is 0 Å². The quantitative estimate of drug-likeness (QED) is 0.354. The van der Waals surface area contributed by atoms with Crippen LogP contribution in [-0.4, -0.2) is 64.4 Å². The highest BCUT2D eigenvalue weighted by molar-refractivity contribution is 6.00. The highest BCUT2D eigenvalue weighted by atomic mass is 16.5. The first-order chi connectivity index (χ1) is 19.1. The molecule has 0 spiro atoms. The summed E-state index contributed by atoms with van der Waals surface area (Å²) in [6, 6.07) is 6.51. The van der Waals surface area contributed by atoms with E-state index >= 15 is 0 Å². The number of aromatic nitrogens is 4. The maximum absolute atomic E-state index is 12.8. The minimum atomic E-state index is -2.76. The minimum Gasteiger partial charge on any atom is -0.494 e. The fourth-order valence-electron chi connectivity index (χ4n) is 4.01. The normalized spacial score (nSPS) is 20.3. The third-order valence-electron chi connectivity index (χ3n) is 6.24. The second-order valence-electron chi connectivity index (χ2n) is 8.85. The number of benzene rings is 1. The zero-order chi connectivity index (χ0) is 28.5. The van der Waals surface area contributed by atoms with Gasteiger partial charge in [0.1, 0.15) is 5.60 Å². The number of nitrogens with one attached hydrogen (secondary N) is 3. The van der Waals surface area contributed by atoms with Crippen molar-refractivity contribution < 1.29 is 28.3 Å². The Kier molecular flexibility index (Phi) is 5.71. The molecule has 192 valence electrons. The molecule has 0 radical (unpaired) electrons. The van der Waals surface area contributed by atoms with E-state index in [-0.39, 0.29) is 35.6 Å². The summed E-state index contributed by atoms with van der Waals surface area (Å²) in [7, 11) is 1.45. The summed E-state index contributed by atoms with van der Waals surface area (Å²) in [4.78, 5) is 33.9. The van der Waals surface area contributed by atoms with Gasteiger partial charge in [0.15, 0.2) is 23.1 Å². The van der Waals surface area contributed by atoms with Crippen LogP contribution in [0.15, 0.2) is 36.7 Å². The Morgan fingerprint density at radius 1 is 1.22 bits per heavy atom. The maximum Gasteiger partial charge on any atom is 0.273 e. The zero-order valence-corrected chi connectivity index (χ0v) is 19.9. The summed E-state index contributed by atoms with van der Waals surface area (Å²) < 4.78 is 33.1. The van der Waals surface area contributed by atoms with Crippen molar-refractivity contribution in [2.45, 2.75) is 24.9 Å². The second-order valence-corrected chi connectivity index (χ2v) is 8.85. The minimum absolute atomic E-state index is 0.0815. The molecule has 3 aromatic rings.